The predicted molar refractivity (Wildman–Crippen MR) is 56.0 cm³/mol. The molecule has 0 saturated heterocycles. The van der Waals surface area contributed by atoms with Gasteiger partial charge in [0.1, 0.15) is 11.8 Å². The number of nitrogens with one attached hydrogen (secondary N) is 1. The molecule has 2 heterocycles. The Balaban J connectivity index is 2.33. The molecule has 0 fully saturated rings. The van der Waals surface area contributed by atoms with E-state index in [-0.39, 0.29) is 0 Å². The quantitative estimate of drug-likeness (QED) is 0.615. The first-order valence-corrected chi connectivity index (χ1v) is 4.55. The summed E-state index contributed by atoms with van der Waals surface area (Å²) in [4.78, 5) is 3.17. The van der Waals surface area contributed by atoms with Gasteiger partial charge in [-0.25, -0.2) is 0 Å². The molecule has 3 aromatic rings. The van der Waals surface area contributed by atoms with Gasteiger partial charge in [0.15, 0.2) is 0 Å². The number of fused-ring (bicyclic) bond motifs is 1. The van der Waals surface area contributed by atoms with Crippen molar-refractivity contribution in [3.05, 3.63) is 48.9 Å². The Morgan fingerprint density at radius 3 is 2.79 bits per heavy atom. The largest absolute Gasteiger partial charge is 0.464 e. The second kappa shape index (κ2) is 2.77. The van der Waals surface area contributed by atoms with E-state index in [0.29, 0.717) is 0 Å². The zero-order valence-corrected chi connectivity index (χ0v) is 7.53. The minimum absolute atomic E-state index is 0.928. The van der Waals surface area contributed by atoms with Crippen molar-refractivity contribution in [3.63, 3.8) is 0 Å². The summed E-state index contributed by atoms with van der Waals surface area (Å²) in [6.07, 6.45) is 3.70. The standard InChI is InChI=1S/C12H9NO/c1-2-6-12-9(4-1)10(8-14-12)11-5-3-7-13-11/h1-8,13H. The summed E-state index contributed by atoms with van der Waals surface area (Å²) in [6, 6.07) is 12.1. The smallest absolute Gasteiger partial charge is 0.134 e. The molecular weight excluding hydrogens is 174 g/mol. The molecule has 3 rings (SSSR count). The van der Waals surface area contributed by atoms with E-state index >= 15 is 0 Å². The lowest BCUT2D eigenvalue weighted by molar-refractivity contribution is 0.617. The first-order chi connectivity index (χ1) is 6.95. The van der Waals surface area contributed by atoms with Crippen molar-refractivity contribution < 1.29 is 4.42 Å². The second-order valence-corrected chi connectivity index (χ2v) is 3.23. The summed E-state index contributed by atoms with van der Waals surface area (Å²) >= 11 is 0. The molecular formula is C12H9NO. The summed E-state index contributed by atoms with van der Waals surface area (Å²) in [7, 11) is 0. The first kappa shape index (κ1) is 7.44. The molecule has 1 aromatic carbocycles. The van der Waals surface area contributed by atoms with Gasteiger partial charge in [0.2, 0.25) is 0 Å². The molecule has 0 atom stereocenters. The number of H-pyrrole nitrogens is 1. The number of hydrogen-bond acceptors (Lipinski definition) is 1. The third kappa shape index (κ3) is 0.973. The lowest BCUT2D eigenvalue weighted by Gasteiger charge is -1.92. The van der Waals surface area contributed by atoms with Gasteiger partial charge in [0.05, 0.1) is 0 Å². The van der Waals surface area contributed by atoms with Crippen molar-refractivity contribution in [2.45, 2.75) is 0 Å². The maximum absolute atomic E-state index is 5.45. The van der Waals surface area contributed by atoms with Gasteiger partial charge in [-0.1, -0.05) is 18.2 Å². The van der Waals surface area contributed by atoms with E-state index in [2.05, 4.69) is 11.1 Å². The van der Waals surface area contributed by atoms with Crippen LogP contribution in [-0.2, 0) is 0 Å². The van der Waals surface area contributed by atoms with Crippen LogP contribution < -0.4 is 0 Å². The van der Waals surface area contributed by atoms with Crippen molar-refractivity contribution >= 4 is 11.0 Å². The van der Waals surface area contributed by atoms with Crippen molar-refractivity contribution in [2.75, 3.05) is 0 Å². The predicted octanol–water partition coefficient (Wildman–Crippen LogP) is 3.43. The number of furan rings is 1. The number of aromatic amines is 1. The second-order valence-electron chi connectivity index (χ2n) is 3.23. The molecule has 2 aromatic heterocycles. The van der Waals surface area contributed by atoms with Crippen LogP contribution in [0, 0.1) is 0 Å². The van der Waals surface area contributed by atoms with E-state index in [1.807, 2.05) is 36.5 Å². The topological polar surface area (TPSA) is 28.9 Å². The Kier molecular flexibility index (Phi) is 1.47. The van der Waals surface area contributed by atoms with Crippen LogP contribution in [-0.4, -0.2) is 4.98 Å². The van der Waals surface area contributed by atoms with Crippen LogP contribution in [0.5, 0.6) is 0 Å². The lowest BCUT2D eigenvalue weighted by Crippen LogP contribution is -1.72. The third-order valence-corrected chi connectivity index (χ3v) is 2.37. The summed E-state index contributed by atoms with van der Waals surface area (Å²) < 4.78 is 5.45. The fourth-order valence-corrected chi connectivity index (χ4v) is 1.68. The normalized spacial score (nSPS) is 10.9. The summed E-state index contributed by atoms with van der Waals surface area (Å²) in [6.45, 7) is 0. The monoisotopic (exact) mass is 183 g/mol. The van der Waals surface area contributed by atoms with Gasteiger partial charge in [-0.3, -0.25) is 0 Å². The van der Waals surface area contributed by atoms with Gasteiger partial charge < -0.3 is 9.40 Å². The SMILES string of the molecule is c1c[nH]c(-c2coc3ccccc23)c1. The van der Waals surface area contributed by atoms with Crippen LogP contribution in [0.25, 0.3) is 22.2 Å². The van der Waals surface area contributed by atoms with E-state index in [1.54, 1.807) is 6.26 Å². The van der Waals surface area contributed by atoms with Gasteiger partial charge in [-0.05, 0) is 18.2 Å². The highest BCUT2D eigenvalue weighted by Crippen LogP contribution is 2.28. The number of para-hydroxylation sites is 1. The van der Waals surface area contributed by atoms with Gasteiger partial charge in [-0.2, -0.15) is 0 Å². The molecule has 0 saturated carbocycles. The van der Waals surface area contributed by atoms with Crippen LogP contribution >= 0.6 is 0 Å². The molecule has 1 N–H and O–H groups in total. The maximum atomic E-state index is 5.45. The molecule has 0 aliphatic rings. The molecule has 0 aliphatic carbocycles. The lowest BCUT2D eigenvalue weighted by atomic mass is 10.1. The van der Waals surface area contributed by atoms with Crippen molar-refractivity contribution in [1.82, 2.24) is 4.98 Å². The van der Waals surface area contributed by atoms with Gasteiger partial charge >= 0.3 is 0 Å². The van der Waals surface area contributed by atoms with Crippen LogP contribution in [0.3, 0.4) is 0 Å². The number of rotatable bonds is 1. The Labute approximate surface area is 81.2 Å². The Hall–Kier alpha value is -1.96. The Morgan fingerprint density at radius 1 is 1.00 bits per heavy atom. The summed E-state index contributed by atoms with van der Waals surface area (Å²) in [5, 5.41) is 1.15. The van der Waals surface area contributed by atoms with Crippen LogP contribution in [0.2, 0.25) is 0 Å². The number of benzene rings is 1. The van der Waals surface area contributed by atoms with E-state index in [1.165, 1.54) is 0 Å². The number of hydrogen-bond donors (Lipinski definition) is 1. The zero-order valence-electron chi connectivity index (χ0n) is 7.53. The van der Waals surface area contributed by atoms with Crippen molar-refractivity contribution in [2.24, 2.45) is 0 Å². The Morgan fingerprint density at radius 2 is 1.93 bits per heavy atom. The van der Waals surface area contributed by atoms with Crippen LogP contribution in [0.15, 0.2) is 53.3 Å². The highest BCUT2D eigenvalue weighted by Gasteiger charge is 2.06. The molecule has 14 heavy (non-hydrogen) atoms. The van der Waals surface area contributed by atoms with Crippen molar-refractivity contribution in [1.29, 1.82) is 0 Å². The molecule has 0 bridgehead atoms. The molecule has 0 aliphatic heterocycles. The molecule has 0 amide bonds. The fraction of sp³-hybridized carbons (Fsp3) is 0. The molecule has 0 spiro atoms. The average Bonchev–Trinajstić information content (AvgIpc) is 2.85. The number of aromatic nitrogens is 1. The molecule has 68 valence electrons. The van der Waals surface area contributed by atoms with E-state index in [0.717, 1.165) is 22.2 Å². The van der Waals surface area contributed by atoms with E-state index in [9.17, 15) is 0 Å². The minimum atomic E-state index is 0.928. The van der Waals surface area contributed by atoms with E-state index in [4.69, 9.17) is 4.42 Å². The molecule has 0 unspecified atom stereocenters. The first-order valence-electron chi connectivity index (χ1n) is 4.55. The third-order valence-electron chi connectivity index (χ3n) is 2.37. The fourth-order valence-electron chi connectivity index (χ4n) is 1.68. The van der Waals surface area contributed by atoms with Gasteiger partial charge in [-0.15, -0.1) is 0 Å². The van der Waals surface area contributed by atoms with Gasteiger partial charge in [0.25, 0.3) is 0 Å². The highest BCUT2D eigenvalue weighted by atomic mass is 16.3. The maximum Gasteiger partial charge on any atom is 0.134 e. The van der Waals surface area contributed by atoms with Crippen molar-refractivity contribution in [3.8, 4) is 11.3 Å². The summed E-state index contributed by atoms with van der Waals surface area (Å²) in [5.74, 6) is 0. The summed E-state index contributed by atoms with van der Waals surface area (Å²) in [5.41, 5.74) is 3.14. The molecule has 2 heteroatoms. The molecule has 2 nitrogen and oxygen atoms in total. The zero-order chi connectivity index (χ0) is 9.38. The van der Waals surface area contributed by atoms with Crippen LogP contribution in [0.4, 0.5) is 0 Å². The van der Waals surface area contributed by atoms with Gasteiger partial charge in [0, 0.05) is 22.8 Å². The highest BCUT2D eigenvalue weighted by molar-refractivity contribution is 5.92. The average molecular weight is 183 g/mol. The minimum Gasteiger partial charge on any atom is -0.464 e. The van der Waals surface area contributed by atoms with E-state index < -0.39 is 0 Å². The molecule has 0 radical (unpaired) electrons. The van der Waals surface area contributed by atoms with Crippen LogP contribution in [0.1, 0.15) is 0 Å². The Bertz CT molecular complexity index is 548.